The predicted molar refractivity (Wildman–Crippen MR) is 95.5 cm³/mol. The normalized spacial score (nSPS) is 10.9. The summed E-state index contributed by atoms with van der Waals surface area (Å²) in [4.78, 5) is 12.2. The minimum atomic E-state index is -0.193. The molecule has 4 rings (SSSR count). The van der Waals surface area contributed by atoms with Crippen LogP contribution in [0.15, 0.2) is 59.1 Å². The number of anilines is 1. The molecule has 4 aromatic rings. The van der Waals surface area contributed by atoms with Crippen molar-refractivity contribution in [1.29, 1.82) is 0 Å². The molecule has 0 radical (unpaired) electrons. The van der Waals surface area contributed by atoms with Crippen molar-refractivity contribution >= 4 is 33.3 Å². The van der Waals surface area contributed by atoms with Crippen molar-refractivity contribution < 1.29 is 9.32 Å². The second-order valence-corrected chi connectivity index (χ2v) is 6.58. The van der Waals surface area contributed by atoms with Crippen LogP contribution in [-0.4, -0.2) is 21.3 Å². The van der Waals surface area contributed by atoms with E-state index in [0.29, 0.717) is 22.8 Å². The van der Waals surface area contributed by atoms with Crippen molar-refractivity contribution in [2.45, 2.75) is 12.8 Å². The Bertz CT molecular complexity index is 1010. The van der Waals surface area contributed by atoms with Gasteiger partial charge in [0.15, 0.2) is 5.58 Å². The Kier molecular flexibility index (Phi) is 4.22. The predicted octanol–water partition coefficient (Wildman–Crippen LogP) is 3.45. The van der Waals surface area contributed by atoms with E-state index in [1.807, 2.05) is 54.6 Å². The average Bonchev–Trinajstić information content (AvgIpc) is 3.23. The lowest BCUT2D eigenvalue weighted by atomic mass is 10.2. The van der Waals surface area contributed by atoms with E-state index >= 15 is 0 Å². The van der Waals surface area contributed by atoms with Gasteiger partial charge in [0.2, 0.25) is 11.0 Å². The van der Waals surface area contributed by atoms with Gasteiger partial charge in [0.05, 0.1) is 6.42 Å². The maximum Gasteiger partial charge on any atom is 0.232 e. The van der Waals surface area contributed by atoms with Crippen LogP contribution in [0, 0.1) is 0 Å². The molecule has 1 amide bonds. The van der Waals surface area contributed by atoms with E-state index in [4.69, 9.17) is 4.52 Å². The van der Waals surface area contributed by atoms with Crippen molar-refractivity contribution in [3.05, 3.63) is 70.9 Å². The van der Waals surface area contributed by atoms with E-state index in [2.05, 4.69) is 20.7 Å². The molecule has 2 aromatic carbocycles. The minimum absolute atomic E-state index is 0.130. The number of benzene rings is 2. The van der Waals surface area contributed by atoms with Crippen molar-refractivity contribution in [1.82, 2.24) is 15.4 Å². The van der Waals surface area contributed by atoms with Crippen LogP contribution in [0.2, 0.25) is 0 Å². The fraction of sp³-hybridized carbons (Fsp3) is 0.111. The number of aromatic nitrogens is 3. The van der Waals surface area contributed by atoms with Gasteiger partial charge in [-0.15, -0.1) is 10.2 Å². The SMILES string of the molecule is O=C(Cc1noc2ccccc12)Nc1nnc(Cc2ccccc2)s1. The molecule has 0 saturated heterocycles. The van der Waals surface area contributed by atoms with Crippen molar-refractivity contribution in [2.24, 2.45) is 0 Å². The van der Waals surface area contributed by atoms with Gasteiger partial charge in [-0.25, -0.2) is 0 Å². The summed E-state index contributed by atoms with van der Waals surface area (Å²) in [5.74, 6) is -0.193. The van der Waals surface area contributed by atoms with Gasteiger partial charge >= 0.3 is 0 Å². The lowest BCUT2D eigenvalue weighted by Gasteiger charge is -1.98. The van der Waals surface area contributed by atoms with Crippen LogP contribution in [0.1, 0.15) is 16.3 Å². The Hall–Kier alpha value is -3.06. The molecule has 2 aromatic heterocycles. The van der Waals surface area contributed by atoms with Crippen LogP contribution in [0.3, 0.4) is 0 Å². The lowest BCUT2D eigenvalue weighted by Crippen LogP contribution is -2.14. The van der Waals surface area contributed by atoms with Crippen molar-refractivity contribution in [2.75, 3.05) is 5.32 Å². The number of nitrogens with zero attached hydrogens (tertiary/aromatic N) is 3. The number of para-hydroxylation sites is 1. The van der Waals surface area contributed by atoms with E-state index in [9.17, 15) is 4.79 Å². The molecule has 0 aliphatic rings. The molecule has 0 unspecified atom stereocenters. The summed E-state index contributed by atoms with van der Waals surface area (Å²) in [5.41, 5.74) is 2.44. The molecule has 0 fully saturated rings. The number of rotatable bonds is 5. The van der Waals surface area contributed by atoms with Crippen LogP contribution in [0.25, 0.3) is 11.0 Å². The molecule has 0 spiro atoms. The first-order chi connectivity index (χ1) is 12.3. The molecule has 2 heterocycles. The molecule has 7 heteroatoms. The second kappa shape index (κ2) is 6.82. The number of amides is 1. The molecule has 1 N–H and O–H groups in total. The molecule has 0 aliphatic heterocycles. The van der Waals surface area contributed by atoms with Crippen molar-refractivity contribution in [3.63, 3.8) is 0 Å². The summed E-state index contributed by atoms with van der Waals surface area (Å²) in [6, 6.07) is 17.5. The molecule has 124 valence electrons. The highest BCUT2D eigenvalue weighted by Crippen LogP contribution is 2.21. The first kappa shape index (κ1) is 15.5. The zero-order valence-corrected chi connectivity index (χ0v) is 14.0. The number of carbonyl (C=O) groups excluding carboxylic acids is 1. The van der Waals surface area contributed by atoms with Crippen LogP contribution in [0.5, 0.6) is 0 Å². The highest BCUT2D eigenvalue weighted by molar-refractivity contribution is 7.15. The summed E-state index contributed by atoms with van der Waals surface area (Å²) < 4.78 is 5.22. The van der Waals surface area contributed by atoms with E-state index in [1.165, 1.54) is 11.3 Å². The summed E-state index contributed by atoms with van der Waals surface area (Å²) in [5, 5.41) is 17.1. The largest absolute Gasteiger partial charge is 0.356 e. The Morgan fingerprint density at radius 1 is 1.04 bits per heavy atom. The van der Waals surface area contributed by atoms with E-state index in [0.717, 1.165) is 16.0 Å². The molecule has 25 heavy (non-hydrogen) atoms. The van der Waals surface area contributed by atoms with Gasteiger partial charge in [-0.2, -0.15) is 0 Å². The summed E-state index contributed by atoms with van der Waals surface area (Å²) in [7, 11) is 0. The number of hydrogen-bond donors (Lipinski definition) is 1. The Balaban J connectivity index is 1.41. The third-order valence-electron chi connectivity index (χ3n) is 3.69. The maximum atomic E-state index is 12.2. The van der Waals surface area contributed by atoms with Crippen LogP contribution >= 0.6 is 11.3 Å². The van der Waals surface area contributed by atoms with Gasteiger partial charge in [-0.3, -0.25) is 4.79 Å². The van der Waals surface area contributed by atoms with Crippen LogP contribution in [-0.2, 0) is 17.6 Å². The average molecular weight is 350 g/mol. The Morgan fingerprint density at radius 2 is 1.84 bits per heavy atom. The Labute approximate surface area is 147 Å². The first-order valence-electron chi connectivity index (χ1n) is 7.77. The van der Waals surface area contributed by atoms with Gasteiger partial charge in [0.25, 0.3) is 0 Å². The van der Waals surface area contributed by atoms with Crippen LogP contribution < -0.4 is 5.32 Å². The summed E-state index contributed by atoms with van der Waals surface area (Å²) in [6.45, 7) is 0. The van der Waals surface area contributed by atoms with Crippen LogP contribution in [0.4, 0.5) is 5.13 Å². The topological polar surface area (TPSA) is 80.9 Å². The maximum absolute atomic E-state index is 12.2. The molecule has 0 bridgehead atoms. The number of fused-ring (bicyclic) bond motifs is 1. The fourth-order valence-electron chi connectivity index (χ4n) is 2.53. The smallest absolute Gasteiger partial charge is 0.232 e. The molecule has 0 aliphatic carbocycles. The number of nitrogens with one attached hydrogen (secondary N) is 1. The molecular formula is C18H14N4O2S. The number of carbonyl (C=O) groups is 1. The Morgan fingerprint density at radius 3 is 2.72 bits per heavy atom. The minimum Gasteiger partial charge on any atom is -0.356 e. The van der Waals surface area contributed by atoms with Gasteiger partial charge in [0, 0.05) is 11.8 Å². The molecule has 0 atom stereocenters. The zero-order chi connectivity index (χ0) is 17.1. The van der Waals surface area contributed by atoms with E-state index < -0.39 is 0 Å². The number of hydrogen-bond acceptors (Lipinski definition) is 6. The van der Waals surface area contributed by atoms with Gasteiger partial charge in [0.1, 0.15) is 10.7 Å². The van der Waals surface area contributed by atoms with E-state index in [-0.39, 0.29) is 12.3 Å². The standard InChI is InChI=1S/C18H14N4O2S/c23-16(11-14-13-8-4-5-9-15(13)24-22-14)19-18-21-20-17(25-18)10-12-6-2-1-3-7-12/h1-9H,10-11H2,(H,19,21,23). The highest BCUT2D eigenvalue weighted by atomic mass is 32.1. The van der Waals surface area contributed by atoms with Gasteiger partial charge in [-0.1, -0.05) is 59.0 Å². The fourth-order valence-corrected chi connectivity index (χ4v) is 3.32. The highest BCUT2D eigenvalue weighted by Gasteiger charge is 2.14. The van der Waals surface area contributed by atoms with Gasteiger partial charge in [-0.05, 0) is 17.7 Å². The second-order valence-electron chi connectivity index (χ2n) is 5.51. The third kappa shape index (κ3) is 3.56. The molecule has 6 nitrogen and oxygen atoms in total. The van der Waals surface area contributed by atoms with Crippen molar-refractivity contribution in [3.8, 4) is 0 Å². The quantitative estimate of drug-likeness (QED) is 0.596. The molecular weight excluding hydrogens is 336 g/mol. The zero-order valence-electron chi connectivity index (χ0n) is 13.2. The molecule has 0 saturated carbocycles. The van der Waals surface area contributed by atoms with E-state index in [1.54, 1.807) is 0 Å². The summed E-state index contributed by atoms with van der Waals surface area (Å²) in [6.07, 6.45) is 0.826. The first-order valence-corrected chi connectivity index (χ1v) is 8.59. The lowest BCUT2D eigenvalue weighted by molar-refractivity contribution is -0.115. The van der Waals surface area contributed by atoms with Gasteiger partial charge < -0.3 is 9.84 Å². The summed E-state index contributed by atoms with van der Waals surface area (Å²) >= 11 is 1.37. The monoisotopic (exact) mass is 350 g/mol. The third-order valence-corrected chi connectivity index (χ3v) is 4.53.